The Morgan fingerprint density at radius 2 is 0.636 bits per heavy atom. The second-order valence-corrected chi connectivity index (χ2v) is 36.7. The summed E-state index contributed by atoms with van der Waals surface area (Å²) in [5.41, 5.74) is 25.7. The number of allylic oxidation sites excluding steroid dienone is 1. The van der Waals surface area contributed by atoms with Gasteiger partial charge < -0.3 is 86.5 Å². The molecule has 12 rings (SSSR count). The maximum absolute atomic E-state index is 6.18. The molecule has 0 aliphatic carbocycles. The van der Waals surface area contributed by atoms with E-state index >= 15 is 0 Å². The van der Waals surface area contributed by atoms with E-state index in [0.717, 1.165) is 222 Å². The van der Waals surface area contributed by atoms with Crippen LogP contribution in [0.3, 0.4) is 0 Å². The minimum Gasteiger partial charge on any atom is -0.493 e. The van der Waals surface area contributed by atoms with Crippen molar-refractivity contribution < 1.29 is 61.6 Å². The quantitative estimate of drug-likeness (QED) is 0.0224. The molecule has 0 spiro atoms. The van der Waals surface area contributed by atoms with Crippen LogP contribution in [0.25, 0.3) is 50.2 Å². The lowest BCUT2D eigenvalue weighted by Gasteiger charge is -2.20. The van der Waals surface area contributed by atoms with Crippen LogP contribution in [0.2, 0.25) is 0 Å². The van der Waals surface area contributed by atoms with Crippen LogP contribution in [0.4, 0.5) is 0 Å². The van der Waals surface area contributed by atoms with Gasteiger partial charge in [0, 0.05) is 307 Å². The number of nitrogens with zero attached hydrogens (tertiary/aromatic N) is 5. The van der Waals surface area contributed by atoms with Gasteiger partial charge in [0.05, 0.1) is 24.0 Å². The smallest absolute Gasteiger partial charge is 0.196 e. The van der Waals surface area contributed by atoms with Gasteiger partial charge in [0.1, 0.15) is 0 Å². The van der Waals surface area contributed by atoms with Gasteiger partial charge in [-0.05, 0) is 200 Å². The van der Waals surface area contributed by atoms with Crippen molar-refractivity contribution in [2.75, 3.05) is 158 Å². The number of hydrogen-bond acceptors (Lipinski definition) is 18. The van der Waals surface area contributed by atoms with Gasteiger partial charge in [-0.2, -0.15) is 0 Å². The molecule has 7 aromatic rings. The Hall–Kier alpha value is -7.75. The van der Waals surface area contributed by atoms with Crippen molar-refractivity contribution in [1.29, 1.82) is 0 Å². The first-order valence-corrected chi connectivity index (χ1v) is 43.5. The summed E-state index contributed by atoms with van der Waals surface area (Å²) in [5, 5.41) is 0. The van der Waals surface area contributed by atoms with Crippen molar-refractivity contribution in [2.45, 2.75) is 223 Å². The van der Waals surface area contributed by atoms with E-state index in [2.05, 4.69) is 173 Å². The summed E-state index contributed by atoms with van der Waals surface area (Å²) in [6, 6.07) is 27.0. The van der Waals surface area contributed by atoms with E-state index < -0.39 is 6.29 Å². The molecule has 664 valence electrons. The van der Waals surface area contributed by atoms with E-state index in [-0.39, 0.29) is 38.9 Å². The van der Waals surface area contributed by atoms with E-state index in [9.17, 15) is 0 Å². The van der Waals surface area contributed by atoms with Crippen LogP contribution in [0.1, 0.15) is 249 Å². The van der Waals surface area contributed by atoms with Crippen LogP contribution in [0.15, 0.2) is 89.7 Å². The van der Waals surface area contributed by atoms with Gasteiger partial charge in [-0.1, -0.05) is 69.2 Å². The Kier molecular flexibility index (Phi) is 34.9. The molecule has 23 heteroatoms. The molecule has 0 fully saturated rings. The number of aliphatic imine (C=N–C) groups is 1. The summed E-state index contributed by atoms with van der Waals surface area (Å²) in [4.78, 5) is 44.3. The number of rotatable bonds is 40. The molecule has 0 unspecified atom stereocenters. The van der Waals surface area contributed by atoms with E-state index in [1.54, 1.807) is 92.4 Å². The Morgan fingerprint density at radius 1 is 0.331 bits per heavy atom. The van der Waals surface area contributed by atoms with Crippen molar-refractivity contribution in [3.63, 3.8) is 0 Å². The van der Waals surface area contributed by atoms with E-state index in [0.29, 0.717) is 70.6 Å². The number of nitrogens with one attached hydrogen (secondary N) is 5. The lowest BCUT2D eigenvalue weighted by atomic mass is 9.85. The van der Waals surface area contributed by atoms with Crippen molar-refractivity contribution >= 4 is 55.9 Å². The molecular weight excluding hydrogens is 1530 g/mol. The Morgan fingerprint density at radius 3 is 0.959 bits per heavy atom. The largest absolute Gasteiger partial charge is 0.493 e. The molecule has 0 radical (unpaired) electrons. The molecule has 0 amide bonds. The standard InChI is InChI=1S/C39H56N4O5.C38H54N4O4.C21H34N2O4/c1-38(2)23-28-18-27-19-29(25(10-14-44-5)11-15-45-6)31(40-27)21-36-39(3,4)24-34(43-36)37(48-9)33-20-30(32(42-33)22-35(38)41-28)26(12-16-46-7)13-17-47-8;1-37(2)23-29-17-27-19-32(26(11-15-45-7)12-16-46-8)34(40-27)22-36-38(3,4)24-30(42-36)18-28-20-31(33(39-28)21-35(37)41-29)25(9-13-43-5)10-14-44-6;1-21(2)14-18(20(26-5)27-6)23-19(21)13-17-16(7-10-22-17)15(8-11-24-3)9-12-25-4/h18-22,25-26,40,42H,10-17,23-24H2,1-9H3;17-22,25-26,39-40H,9-16,23-24H2,1-8H3;7,10,13,15,20,22H,8-9,11-12,14H2,1-6H3/b;;19-13-. The molecule has 7 aromatic heterocycles. The zero-order valence-electron chi connectivity index (χ0n) is 77.3. The monoisotopic (exact) mass is 1670 g/mol. The third-order valence-electron chi connectivity index (χ3n) is 25.0. The normalized spacial score (nSPS) is 16.1. The van der Waals surface area contributed by atoms with E-state index in [4.69, 9.17) is 86.5 Å². The highest BCUT2D eigenvalue weighted by atomic mass is 16.7. The molecule has 0 saturated carbocycles. The summed E-state index contributed by atoms with van der Waals surface area (Å²) in [7, 11) is 22.7. The first-order valence-electron chi connectivity index (χ1n) is 43.5. The van der Waals surface area contributed by atoms with Crippen LogP contribution in [-0.4, -0.2) is 215 Å². The second-order valence-electron chi connectivity index (χ2n) is 36.7. The maximum Gasteiger partial charge on any atom is 0.196 e. The van der Waals surface area contributed by atoms with Gasteiger partial charge in [-0.3, -0.25) is 24.9 Å². The summed E-state index contributed by atoms with van der Waals surface area (Å²) < 4.78 is 71.8. The highest BCUT2D eigenvalue weighted by Crippen LogP contribution is 2.45. The second kappa shape index (κ2) is 44.2. The maximum atomic E-state index is 6.18. The zero-order chi connectivity index (χ0) is 87.2. The van der Waals surface area contributed by atoms with Crippen molar-refractivity contribution in [1.82, 2.24) is 44.9 Å². The number of aromatic amines is 5. The van der Waals surface area contributed by atoms with Crippen LogP contribution in [0, 0.1) is 5.41 Å². The molecule has 0 saturated heterocycles. The molecule has 23 nitrogen and oxygen atoms in total. The first kappa shape index (κ1) is 95.5. The number of methoxy groups -OCH3 is 13. The minimum absolute atomic E-state index is 0.0679. The van der Waals surface area contributed by atoms with Crippen molar-refractivity contribution in [3.05, 3.63) is 164 Å². The van der Waals surface area contributed by atoms with Gasteiger partial charge in [-0.15, -0.1) is 0 Å². The number of aromatic nitrogens is 9. The van der Waals surface area contributed by atoms with E-state index in [1.165, 1.54) is 27.8 Å². The Labute approximate surface area is 720 Å². The summed E-state index contributed by atoms with van der Waals surface area (Å²) in [6.45, 7) is 29.6. The zero-order valence-corrected chi connectivity index (χ0v) is 77.3. The number of fused-ring (bicyclic) bond motifs is 16. The SMILES string of the molecule is COCCC(CCOC)c1cc2cc3nc(cc4[nH]c(cc4C(CCOC)CCOC)c(OC)c4nc(cc1[nH]2)C(C)(C)C4)C(C)(C)C3.COCCC(CCOC)c1cc2cc3nc(cc4[nH]c(cc5nc(cc1[nH]2)C(C)(C)C5)cc4C(CCOC)CCOC)C(C)(C)C3.COCCC(CCOC)c1cc[nH]c1/C=C1\N=C(C(OC)OC)CC1(C)C. The van der Waals surface area contributed by atoms with Crippen LogP contribution >= 0.6 is 0 Å². The molecule has 5 N–H and O–H groups in total. The molecule has 5 aliphatic rings. The average molecular weight is 1670 g/mol. The summed E-state index contributed by atoms with van der Waals surface area (Å²) in [5.74, 6) is 2.24. The molecule has 5 aliphatic heterocycles. The number of H-pyrrole nitrogens is 5. The lowest BCUT2D eigenvalue weighted by molar-refractivity contribution is -0.0532. The Balaban J connectivity index is 0.000000198. The van der Waals surface area contributed by atoms with Crippen molar-refractivity contribution in [2.24, 2.45) is 10.4 Å². The van der Waals surface area contributed by atoms with Gasteiger partial charge in [0.15, 0.2) is 12.0 Å². The molecule has 16 bridgehead atoms. The Bertz CT molecular complexity index is 4740. The van der Waals surface area contributed by atoms with Gasteiger partial charge >= 0.3 is 0 Å². The fourth-order valence-corrected chi connectivity index (χ4v) is 18.0. The van der Waals surface area contributed by atoms with Gasteiger partial charge in [0.25, 0.3) is 0 Å². The predicted octanol–water partition coefficient (Wildman–Crippen LogP) is 19.3. The fraction of sp³-hybridized carbons (Fsp3) is 0.602. The van der Waals surface area contributed by atoms with Crippen LogP contribution < -0.4 is 4.74 Å². The van der Waals surface area contributed by atoms with E-state index in [1.807, 2.05) is 6.20 Å². The van der Waals surface area contributed by atoms with Crippen LogP contribution in [0.5, 0.6) is 5.75 Å². The third-order valence-corrected chi connectivity index (χ3v) is 25.0. The van der Waals surface area contributed by atoms with Crippen molar-refractivity contribution in [3.8, 4) is 5.75 Å². The lowest BCUT2D eigenvalue weighted by Crippen LogP contribution is -2.25. The number of hydrogen-bond donors (Lipinski definition) is 5. The molecule has 12 heterocycles. The minimum atomic E-state index is -0.394. The highest BCUT2D eigenvalue weighted by Gasteiger charge is 2.38. The molecule has 0 aromatic carbocycles. The molecular formula is C98H144N10O13. The average Bonchev–Trinajstić information content (AvgIpc) is 1.62. The molecule has 0 atom stereocenters. The fourth-order valence-electron chi connectivity index (χ4n) is 18.0. The van der Waals surface area contributed by atoms with Gasteiger partial charge in [-0.25, -0.2) is 0 Å². The number of ether oxygens (including phenoxy) is 13. The molecule has 121 heavy (non-hydrogen) atoms. The topological polar surface area (TPSA) is 263 Å². The highest BCUT2D eigenvalue weighted by molar-refractivity contribution is 5.92. The third kappa shape index (κ3) is 24.7. The predicted molar refractivity (Wildman–Crippen MR) is 487 cm³/mol. The summed E-state index contributed by atoms with van der Waals surface area (Å²) in [6.07, 6.45) is 17.1. The first-order chi connectivity index (χ1) is 58.0. The van der Waals surface area contributed by atoms with Gasteiger partial charge in [0.2, 0.25) is 0 Å². The summed E-state index contributed by atoms with van der Waals surface area (Å²) >= 11 is 0. The van der Waals surface area contributed by atoms with Crippen LogP contribution in [-0.2, 0) is 104 Å².